The van der Waals surface area contributed by atoms with Crippen LogP contribution in [0.3, 0.4) is 0 Å². The van der Waals surface area contributed by atoms with Gasteiger partial charge in [0, 0.05) is 18.9 Å². The third-order valence-corrected chi connectivity index (χ3v) is 4.99. The zero-order valence-corrected chi connectivity index (χ0v) is 15.9. The number of para-hydroxylation sites is 1. The first kappa shape index (κ1) is 18.6. The van der Waals surface area contributed by atoms with Crippen molar-refractivity contribution in [2.24, 2.45) is 0 Å². The van der Waals surface area contributed by atoms with Crippen molar-refractivity contribution >= 4 is 6.09 Å². The molecule has 0 spiro atoms. The number of phenolic OH excluding ortho intramolecular Hbond substituents is 1. The molecule has 4 rings (SSSR count). The minimum atomic E-state index is -0.448. The molecule has 1 aliphatic carbocycles. The number of hydrogen-bond acceptors (Lipinski definition) is 3. The maximum atomic E-state index is 12.1. The van der Waals surface area contributed by atoms with Gasteiger partial charge in [0.25, 0.3) is 0 Å². The molecule has 0 aliphatic heterocycles. The number of carbonyl (C=O) groups excluding carboxylic acids is 1. The quantitative estimate of drug-likeness (QED) is 0.508. The summed E-state index contributed by atoms with van der Waals surface area (Å²) < 4.78 is 5.49. The smallest absolute Gasteiger partial charge is 0.407 e. The summed E-state index contributed by atoms with van der Waals surface area (Å²) >= 11 is 0. The van der Waals surface area contributed by atoms with Gasteiger partial charge in [-0.3, -0.25) is 0 Å². The highest BCUT2D eigenvalue weighted by molar-refractivity contribution is 5.79. The SMILES string of the molecule is O=C(NCCC#Cc1ccccc1O)OCC1c2ccccc2-c2ccccc21. The van der Waals surface area contributed by atoms with Crippen molar-refractivity contribution in [3.63, 3.8) is 0 Å². The first-order valence-electron chi connectivity index (χ1n) is 9.60. The van der Waals surface area contributed by atoms with E-state index >= 15 is 0 Å². The van der Waals surface area contributed by atoms with Gasteiger partial charge in [0.05, 0.1) is 5.56 Å². The van der Waals surface area contributed by atoms with Gasteiger partial charge in [-0.2, -0.15) is 0 Å². The molecule has 3 aromatic rings. The van der Waals surface area contributed by atoms with Crippen molar-refractivity contribution in [2.45, 2.75) is 12.3 Å². The van der Waals surface area contributed by atoms with Crippen LogP contribution in [0.2, 0.25) is 0 Å². The molecule has 4 nitrogen and oxygen atoms in total. The Morgan fingerprint density at radius 2 is 1.55 bits per heavy atom. The molecule has 0 radical (unpaired) electrons. The Bertz CT molecular complexity index is 1050. The number of alkyl carbamates (subject to hydrolysis) is 1. The van der Waals surface area contributed by atoms with E-state index in [0.717, 1.165) is 0 Å². The average Bonchev–Trinajstić information content (AvgIpc) is 3.07. The Kier molecular flexibility index (Phi) is 5.49. The van der Waals surface area contributed by atoms with Gasteiger partial charge in [-0.15, -0.1) is 0 Å². The normalized spacial score (nSPS) is 11.7. The standard InChI is InChI=1S/C25H21NO3/c27-24-15-6-1-9-18(24)10-7-8-16-26-25(28)29-17-23-21-13-4-2-11-19(21)20-12-3-5-14-22(20)23/h1-6,9,11-15,23,27H,8,16-17H2,(H,26,28). The van der Waals surface area contributed by atoms with E-state index in [2.05, 4.69) is 41.4 Å². The van der Waals surface area contributed by atoms with Gasteiger partial charge in [-0.05, 0) is 34.4 Å². The van der Waals surface area contributed by atoms with Gasteiger partial charge in [0.15, 0.2) is 0 Å². The van der Waals surface area contributed by atoms with Crippen LogP contribution in [-0.4, -0.2) is 24.4 Å². The third kappa shape index (κ3) is 4.09. The van der Waals surface area contributed by atoms with Crippen LogP contribution in [0.25, 0.3) is 11.1 Å². The molecular formula is C25H21NO3. The second-order valence-electron chi connectivity index (χ2n) is 6.82. The summed E-state index contributed by atoms with van der Waals surface area (Å²) in [6.45, 7) is 0.681. The van der Waals surface area contributed by atoms with E-state index in [-0.39, 0.29) is 11.7 Å². The predicted molar refractivity (Wildman–Crippen MR) is 113 cm³/mol. The molecule has 0 atom stereocenters. The lowest BCUT2D eigenvalue weighted by molar-refractivity contribution is 0.143. The summed E-state index contributed by atoms with van der Waals surface area (Å²) in [6, 6.07) is 23.4. The number of aromatic hydroxyl groups is 1. The average molecular weight is 383 g/mol. The second kappa shape index (κ2) is 8.53. The Labute approximate surface area is 170 Å². The van der Waals surface area contributed by atoms with E-state index < -0.39 is 6.09 Å². The second-order valence-corrected chi connectivity index (χ2v) is 6.82. The number of nitrogens with one attached hydrogen (secondary N) is 1. The Morgan fingerprint density at radius 1 is 0.931 bits per heavy atom. The topological polar surface area (TPSA) is 58.6 Å². The van der Waals surface area contributed by atoms with E-state index in [9.17, 15) is 9.90 Å². The maximum Gasteiger partial charge on any atom is 0.407 e. The molecule has 4 heteroatoms. The molecule has 1 amide bonds. The van der Waals surface area contributed by atoms with E-state index in [1.807, 2.05) is 30.3 Å². The summed E-state index contributed by atoms with van der Waals surface area (Å²) in [5.74, 6) is 6.04. The van der Waals surface area contributed by atoms with Crippen molar-refractivity contribution in [2.75, 3.05) is 13.2 Å². The van der Waals surface area contributed by atoms with Crippen LogP contribution in [0.15, 0.2) is 72.8 Å². The Morgan fingerprint density at radius 3 is 2.24 bits per heavy atom. The molecule has 29 heavy (non-hydrogen) atoms. The molecule has 0 saturated heterocycles. The fourth-order valence-electron chi connectivity index (χ4n) is 3.61. The Balaban J connectivity index is 1.30. The van der Waals surface area contributed by atoms with Crippen molar-refractivity contribution in [1.82, 2.24) is 5.32 Å². The minimum absolute atomic E-state index is 0.0500. The number of fused-ring (bicyclic) bond motifs is 3. The molecule has 0 unspecified atom stereocenters. The predicted octanol–water partition coefficient (Wildman–Crippen LogP) is 4.67. The van der Waals surface area contributed by atoms with Gasteiger partial charge >= 0.3 is 6.09 Å². The highest BCUT2D eigenvalue weighted by Gasteiger charge is 2.28. The number of rotatable bonds is 4. The minimum Gasteiger partial charge on any atom is -0.507 e. The van der Waals surface area contributed by atoms with Crippen molar-refractivity contribution in [3.05, 3.63) is 89.5 Å². The first-order chi connectivity index (χ1) is 14.2. The molecule has 0 bridgehead atoms. The number of amides is 1. The van der Waals surface area contributed by atoms with Gasteiger partial charge in [0.1, 0.15) is 12.4 Å². The van der Waals surface area contributed by atoms with Gasteiger partial charge in [0.2, 0.25) is 0 Å². The molecular weight excluding hydrogens is 362 g/mol. The molecule has 0 fully saturated rings. The number of benzene rings is 3. The molecule has 3 aromatic carbocycles. The summed E-state index contributed by atoms with van der Waals surface area (Å²) in [5, 5.41) is 12.4. The van der Waals surface area contributed by atoms with Gasteiger partial charge < -0.3 is 15.2 Å². The maximum absolute atomic E-state index is 12.1. The molecule has 0 aromatic heterocycles. The van der Waals surface area contributed by atoms with Gasteiger partial charge in [-0.25, -0.2) is 4.79 Å². The van der Waals surface area contributed by atoms with Gasteiger partial charge in [-0.1, -0.05) is 72.5 Å². The molecule has 0 heterocycles. The van der Waals surface area contributed by atoms with Crippen LogP contribution in [0.5, 0.6) is 5.75 Å². The van der Waals surface area contributed by atoms with E-state index in [4.69, 9.17) is 4.74 Å². The van der Waals surface area contributed by atoms with Crippen molar-refractivity contribution < 1.29 is 14.6 Å². The summed E-state index contributed by atoms with van der Waals surface area (Å²) in [5.41, 5.74) is 5.37. The van der Waals surface area contributed by atoms with Crippen LogP contribution in [-0.2, 0) is 4.74 Å². The van der Waals surface area contributed by atoms with Crippen LogP contribution < -0.4 is 5.32 Å². The largest absolute Gasteiger partial charge is 0.507 e. The summed E-state index contributed by atoms with van der Waals surface area (Å²) in [4.78, 5) is 12.1. The number of phenols is 1. The molecule has 144 valence electrons. The van der Waals surface area contributed by atoms with Crippen LogP contribution in [0.1, 0.15) is 29.0 Å². The summed E-state index contributed by atoms with van der Waals surface area (Å²) in [6.07, 6.45) is 0.0228. The van der Waals surface area contributed by atoms with Crippen molar-refractivity contribution in [3.8, 4) is 28.7 Å². The third-order valence-electron chi connectivity index (χ3n) is 4.99. The van der Waals surface area contributed by atoms with Crippen LogP contribution in [0, 0.1) is 11.8 Å². The van der Waals surface area contributed by atoms with Crippen LogP contribution >= 0.6 is 0 Å². The number of carbonyl (C=O) groups is 1. The number of ether oxygens (including phenoxy) is 1. The zero-order valence-electron chi connectivity index (χ0n) is 15.9. The highest BCUT2D eigenvalue weighted by atomic mass is 16.5. The van der Waals surface area contributed by atoms with Crippen molar-refractivity contribution in [1.29, 1.82) is 0 Å². The lowest BCUT2D eigenvalue weighted by Crippen LogP contribution is -2.26. The fourth-order valence-corrected chi connectivity index (χ4v) is 3.61. The Hall–Kier alpha value is -3.71. The monoisotopic (exact) mass is 383 g/mol. The molecule has 1 aliphatic rings. The van der Waals surface area contributed by atoms with Crippen LogP contribution in [0.4, 0.5) is 4.79 Å². The summed E-state index contributed by atoms with van der Waals surface area (Å²) in [7, 11) is 0. The zero-order chi connectivity index (χ0) is 20.1. The fraction of sp³-hybridized carbons (Fsp3) is 0.160. The van der Waals surface area contributed by atoms with E-state index in [0.29, 0.717) is 25.1 Å². The lowest BCUT2D eigenvalue weighted by atomic mass is 9.98. The highest BCUT2D eigenvalue weighted by Crippen LogP contribution is 2.44. The van der Waals surface area contributed by atoms with E-state index in [1.165, 1.54) is 22.3 Å². The van der Waals surface area contributed by atoms with E-state index in [1.54, 1.807) is 18.2 Å². The lowest BCUT2D eigenvalue weighted by Gasteiger charge is -2.14. The first-order valence-corrected chi connectivity index (χ1v) is 9.60. The molecule has 2 N–H and O–H groups in total. The number of hydrogen-bond donors (Lipinski definition) is 2. The molecule has 0 saturated carbocycles.